The highest BCUT2D eigenvalue weighted by atomic mass is 19.1. The fraction of sp³-hybridized carbons (Fsp3) is 0.182. The molecule has 0 bridgehead atoms. The third kappa shape index (κ3) is 4.29. The third-order valence-corrected chi connectivity index (χ3v) is 4.73. The van der Waals surface area contributed by atoms with Crippen molar-refractivity contribution in [2.75, 3.05) is 17.7 Å². The molecular formula is C22H21FN6O3. The maximum Gasteiger partial charge on any atom is 0.353 e. The highest BCUT2D eigenvalue weighted by molar-refractivity contribution is 5.90. The Bertz CT molecular complexity index is 1360. The van der Waals surface area contributed by atoms with Gasteiger partial charge in [0.25, 0.3) is 0 Å². The number of anilines is 3. The summed E-state index contributed by atoms with van der Waals surface area (Å²) in [4.78, 5) is 29.8. The van der Waals surface area contributed by atoms with E-state index in [1.54, 1.807) is 13.0 Å². The van der Waals surface area contributed by atoms with E-state index in [2.05, 4.69) is 20.7 Å². The fourth-order valence-corrected chi connectivity index (χ4v) is 3.19. The summed E-state index contributed by atoms with van der Waals surface area (Å²) in [6, 6.07) is 13.3. The van der Waals surface area contributed by atoms with Crippen LogP contribution in [0.3, 0.4) is 0 Å². The first-order valence-electron chi connectivity index (χ1n) is 9.78. The van der Waals surface area contributed by atoms with E-state index in [4.69, 9.17) is 4.74 Å². The molecule has 0 radical (unpaired) electrons. The molecule has 2 N–H and O–H groups in total. The summed E-state index contributed by atoms with van der Waals surface area (Å²) in [6.45, 7) is 3.42. The maximum atomic E-state index is 13.9. The zero-order valence-electron chi connectivity index (χ0n) is 17.7. The molecule has 0 saturated heterocycles. The van der Waals surface area contributed by atoms with Gasteiger partial charge >= 0.3 is 5.69 Å². The molecule has 2 heterocycles. The Morgan fingerprint density at radius 1 is 1.09 bits per heavy atom. The van der Waals surface area contributed by atoms with Crippen molar-refractivity contribution in [2.45, 2.75) is 20.4 Å². The molecule has 1 amide bonds. The van der Waals surface area contributed by atoms with E-state index >= 15 is 0 Å². The van der Waals surface area contributed by atoms with Gasteiger partial charge in [-0.25, -0.2) is 23.3 Å². The van der Waals surface area contributed by atoms with Gasteiger partial charge in [0, 0.05) is 29.2 Å². The number of methoxy groups -OCH3 is 1. The predicted octanol–water partition coefficient (Wildman–Crippen LogP) is 3.04. The molecule has 2 aromatic carbocycles. The van der Waals surface area contributed by atoms with Crippen LogP contribution in [-0.4, -0.2) is 32.2 Å². The molecule has 2 aromatic heterocycles. The SMILES string of the molecule is COc1ccc(NC(=O)Cn2nc3cc(C)nc(Nc4ccc(C)cc4)n3c2=O)cc1F. The predicted molar refractivity (Wildman–Crippen MR) is 118 cm³/mol. The number of hydrogen-bond acceptors (Lipinski definition) is 6. The molecule has 4 rings (SSSR count). The first kappa shape index (κ1) is 21.0. The standard InChI is InChI=1S/C22H21FN6O3/c1-13-4-6-15(7-5-13)26-21-24-14(2)10-19-27-28(22(31)29(19)21)12-20(30)25-16-8-9-18(32-3)17(23)11-16/h4-11H,12H2,1-3H3,(H,24,26)(H,25,30). The monoisotopic (exact) mass is 436 g/mol. The molecule has 0 aliphatic carbocycles. The smallest absolute Gasteiger partial charge is 0.353 e. The van der Waals surface area contributed by atoms with Crippen molar-refractivity contribution in [1.82, 2.24) is 19.2 Å². The largest absolute Gasteiger partial charge is 0.494 e. The van der Waals surface area contributed by atoms with Crippen molar-refractivity contribution < 1.29 is 13.9 Å². The van der Waals surface area contributed by atoms with Crippen LogP contribution in [0.4, 0.5) is 21.7 Å². The summed E-state index contributed by atoms with van der Waals surface area (Å²) < 4.78 is 21.0. The Morgan fingerprint density at radius 2 is 1.81 bits per heavy atom. The second-order valence-electron chi connectivity index (χ2n) is 7.24. The number of rotatable bonds is 6. The summed E-state index contributed by atoms with van der Waals surface area (Å²) in [7, 11) is 1.35. The van der Waals surface area contributed by atoms with Crippen molar-refractivity contribution in [3.8, 4) is 5.75 Å². The minimum absolute atomic E-state index is 0.0658. The van der Waals surface area contributed by atoms with Crippen molar-refractivity contribution in [1.29, 1.82) is 0 Å². The van der Waals surface area contributed by atoms with Crippen LogP contribution in [0.25, 0.3) is 5.65 Å². The lowest BCUT2D eigenvalue weighted by Crippen LogP contribution is -2.29. The normalized spacial score (nSPS) is 10.9. The van der Waals surface area contributed by atoms with Crippen LogP contribution in [0, 0.1) is 19.7 Å². The number of amides is 1. The van der Waals surface area contributed by atoms with Crippen LogP contribution in [0.2, 0.25) is 0 Å². The van der Waals surface area contributed by atoms with Gasteiger partial charge in [0.15, 0.2) is 17.2 Å². The van der Waals surface area contributed by atoms with Gasteiger partial charge in [0.05, 0.1) is 7.11 Å². The summed E-state index contributed by atoms with van der Waals surface area (Å²) >= 11 is 0. The van der Waals surface area contributed by atoms with Crippen molar-refractivity contribution in [2.24, 2.45) is 0 Å². The fourth-order valence-electron chi connectivity index (χ4n) is 3.19. The molecule has 4 aromatic rings. The molecular weight excluding hydrogens is 415 g/mol. The number of aryl methyl sites for hydroxylation is 2. The Kier molecular flexibility index (Phi) is 5.59. The number of nitrogens with one attached hydrogen (secondary N) is 2. The number of carbonyl (C=O) groups is 1. The number of fused-ring (bicyclic) bond motifs is 1. The van der Waals surface area contributed by atoms with Gasteiger partial charge in [-0.3, -0.25) is 4.79 Å². The second-order valence-corrected chi connectivity index (χ2v) is 7.24. The third-order valence-electron chi connectivity index (χ3n) is 4.73. The number of ether oxygens (including phenoxy) is 1. The van der Waals surface area contributed by atoms with Gasteiger partial charge in [-0.1, -0.05) is 17.7 Å². The van der Waals surface area contributed by atoms with Gasteiger partial charge in [0.2, 0.25) is 11.9 Å². The average Bonchev–Trinajstić information content (AvgIpc) is 3.04. The zero-order valence-corrected chi connectivity index (χ0v) is 17.7. The topological polar surface area (TPSA) is 103 Å². The van der Waals surface area contributed by atoms with Gasteiger partial charge in [-0.05, 0) is 38.1 Å². The second kappa shape index (κ2) is 8.50. The molecule has 32 heavy (non-hydrogen) atoms. The lowest BCUT2D eigenvalue weighted by Gasteiger charge is -2.08. The lowest BCUT2D eigenvalue weighted by atomic mass is 10.2. The molecule has 0 saturated carbocycles. The van der Waals surface area contributed by atoms with Gasteiger partial charge in [-0.15, -0.1) is 5.10 Å². The lowest BCUT2D eigenvalue weighted by molar-refractivity contribution is -0.117. The van der Waals surface area contributed by atoms with Crippen molar-refractivity contribution >= 4 is 28.9 Å². The highest BCUT2D eigenvalue weighted by Gasteiger charge is 2.16. The zero-order chi connectivity index (χ0) is 22.8. The van der Waals surface area contributed by atoms with E-state index in [1.165, 1.54) is 23.6 Å². The Hall–Kier alpha value is -4.21. The van der Waals surface area contributed by atoms with E-state index in [-0.39, 0.29) is 23.9 Å². The van der Waals surface area contributed by atoms with Crippen LogP contribution in [0.15, 0.2) is 53.3 Å². The number of nitrogens with zero attached hydrogens (tertiary/aromatic N) is 4. The summed E-state index contributed by atoms with van der Waals surface area (Å²) in [6.07, 6.45) is 0. The summed E-state index contributed by atoms with van der Waals surface area (Å²) in [5, 5.41) is 9.92. The van der Waals surface area contributed by atoms with E-state index in [1.807, 2.05) is 31.2 Å². The van der Waals surface area contributed by atoms with Crippen molar-refractivity contribution in [3.63, 3.8) is 0 Å². The molecule has 9 nitrogen and oxygen atoms in total. The minimum atomic E-state index is -0.608. The Labute approximate surface area is 182 Å². The minimum Gasteiger partial charge on any atom is -0.494 e. The van der Waals surface area contributed by atoms with Gasteiger partial charge in [-0.2, -0.15) is 0 Å². The van der Waals surface area contributed by atoms with Crippen LogP contribution in [0.5, 0.6) is 5.75 Å². The maximum absolute atomic E-state index is 13.9. The molecule has 0 unspecified atom stereocenters. The molecule has 0 atom stereocenters. The molecule has 164 valence electrons. The summed E-state index contributed by atoms with van der Waals surface area (Å²) in [5.74, 6) is -0.782. The van der Waals surface area contributed by atoms with E-state index < -0.39 is 17.4 Å². The molecule has 10 heteroatoms. The van der Waals surface area contributed by atoms with Crippen molar-refractivity contribution in [3.05, 3.63) is 76.1 Å². The number of halogens is 1. The Morgan fingerprint density at radius 3 is 2.50 bits per heavy atom. The number of benzene rings is 2. The summed E-state index contributed by atoms with van der Waals surface area (Å²) in [5.41, 5.74) is 2.57. The number of carbonyl (C=O) groups excluding carboxylic acids is 1. The molecule has 0 aliphatic rings. The van der Waals surface area contributed by atoms with E-state index in [9.17, 15) is 14.0 Å². The Balaban J connectivity index is 1.60. The van der Waals surface area contributed by atoms with Gasteiger partial charge in [0.1, 0.15) is 6.54 Å². The van der Waals surface area contributed by atoms with Crippen LogP contribution in [-0.2, 0) is 11.3 Å². The first-order chi connectivity index (χ1) is 15.3. The quantitative estimate of drug-likeness (QED) is 0.482. The van der Waals surface area contributed by atoms with Crippen LogP contribution < -0.4 is 21.1 Å². The molecule has 0 fully saturated rings. The van der Waals surface area contributed by atoms with Crippen LogP contribution in [0.1, 0.15) is 11.3 Å². The van der Waals surface area contributed by atoms with Crippen LogP contribution >= 0.6 is 0 Å². The number of aromatic nitrogens is 4. The molecule has 0 aliphatic heterocycles. The first-order valence-corrected chi connectivity index (χ1v) is 9.78. The van der Waals surface area contributed by atoms with Gasteiger partial charge < -0.3 is 15.4 Å². The average molecular weight is 436 g/mol. The number of hydrogen-bond donors (Lipinski definition) is 2. The van der Waals surface area contributed by atoms with E-state index in [0.29, 0.717) is 11.3 Å². The molecule has 0 spiro atoms. The highest BCUT2D eigenvalue weighted by Crippen LogP contribution is 2.20. The van der Waals surface area contributed by atoms with E-state index in [0.717, 1.165) is 22.0 Å².